The van der Waals surface area contributed by atoms with Crippen LogP contribution in [0, 0.1) is 6.92 Å². The number of hydrogen-bond donors (Lipinski definition) is 2. The van der Waals surface area contributed by atoms with E-state index in [0.717, 1.165) is 23.0 Å². The molecular formula is C42H61BrN10O4Si2. The van der Waals surface area contributed by atoms with Gasteiger partial charge in [-0.1, -0.05) is 50.9 Å². The smallest absolute Gasteiger partial charge is 0.255 e. The molecule has 0 fully saturated rings. The standard InChI is InChI=1S/C25H34N6O2Si.C17H27BrN4O2Si/c1-17-8-9-20-18(12-17)13-27-31(20)21-14-26-23-22(28-21)19(24(32)29-25(2,3)4)15-30(23)16-33-10-11-34(5,6)7;1-17(2,3)21-16(23)12-10-22(11-24-7-8-25(4,5)6)15-14(12)20-13(18)9-19-15/h8-9,12-15H,10-11,16H2,1-7H3,(H,29,32);9-10H,7-8,11H2,1-6H3,(H,21,23). The van der Waals surface area contributed by atoms with Crippen LogP contribution in [0.5, 0.6) is 0 Å². The summed E-state index contributed by atoms with van der Waals surface area (Å²) < 4.78 is 17.8. The van der Waals surface area contributed by atoms with Crippen molar-refractivity contribution in [3.63, 3.8) is 0 Å². The van der Waals surface area contributed by atoms with Gasteiger partial charge in [-0.15, -0.1) is 0 Å². The number of benzene rings is 1. The van der Waals surface area contributed by atoms with E-state index in [4.69, 9.17) is 14.5 Å². The highest BCUT2D eigenvalue weighted by molar-refractivity contribution is 9.10. The van der Waals surface area contributed by atoms with Crippen LogP contribution in [0.2, 0.25) is 51.4 Å². The van der Waals surface area contributed by atoms with Crippen LogP contribution in [0.4, 0.5) is 0 Å². The Bertz CT molecular complexity index is 2430. The lowest BCUT2D eigenvalue weighted by Crippen LogP contribution is -2.40. The van der Waals surface area contributed by atoms with E-state index < -0.39 is 16.1 Å². The molecule has 0 saturated carbocycles. The van der Waals surface area contributed by atoms with Crippen LogP contribution in [0.15, 0.2) is 53.8 Å². The van der Waals surface area contributed by atoms with Gasteiger partial charge in [0.25, 0.3) is 11.8 Å². The molecule has 0 aliphatic rings. The number of carbonyl (C=O) groups is 2. The SMILES string of the molecule is CC(C)(C)NC(=O)c1cn(COCC[Si](C)(C)C)c2ncc(Br)nc12.Cc1ccc2c(cnn2-c2cnc3c(n2)c(C(=O)NC(C)(C)C)cn3COCC[Si](C)(C)C)c1. The molecule has 2 N–H and O–H groups in total. The molecule has 5 aromatic heterocycles. The van der Waals surface area contributed by atoms with E-state index in [1.165, 1.54) is 5.56 Å². The van der Waals surface area contributed by atoms with Gasteiger partial charge in [-0.2, -0.15) is 5.10 Å². The van der Waals surface area contributed by atoms with Crippen molar-refractivity contribution >= 4 is 77.1 Å². The van der Waals surface area contributed by atoms with Crippen molar-refractivity contribution in [2.24, 2.45) is 0 Å². The summed E-state index contributed by atoms with van der Waals surface area (Å²) in [5.41, 5.74) is 4.76. The van der Waals surface area contributed by atoms with Gasteiger partial charge in [-0.05, 0) is 88.6 Å². The van der Waals surface area contributed by atoms with E-state index >= 15 is 0 Å². The van der Waals surface area contributed by atoms with Crippen LogP contribution in [-0.2, 0) is 22.9 Å². The fraction of sp³-hybridized carbons (Fsp3) is 0.500. The van der Waals surface area contributed by atoms with Crippen molar-refractivity contribution in [2.75, 3.05) is 13.2 Å². The minimum atomic E-state index is -1.19. The molecule has 318 valence electrons. The van der Waals surface area contributed by atoms with E-state index in [1.54, 1.807) is 29.5 Å². The maximum atomic E-state index is 13.1. The molecule has 14 nitrogen and oxygen atoms in total. The molecule has 0 unspecified atom stereocenters. The first-order valence-corrected chi connectivity index (χ1v) is 28.2. The Labute approximate surface area is 358 Å². The van der Waals surface area contributed by atoms with Gasteiger partial charge in [0.2, 0.25) is 0 Å². The van der Waals surface area contributed by atoms with Crippen molar-refractivity contribution in [2.45, 2.75) is 124 Å². The Morgan fingerprint density at radius 2 is 1.22 bits per heavy atom. The molecule has 0 saturated heterocycles. The second-order valence-corrected chi connectivity index (χ2v) is 31.6. The number of amides is 2. The van der Waals surface area contributed by atoms with Gasteiger partial charge in [0.15, 0.2) is 17.1 Å². The molecule has 0 aliphatic heterocycles. The third-order valence-corrected chi connectivity index (χ3v) is 12.7. The molecule has 1 aromatic carbocycles. The highest BCUT2D eigenvalue weighted by Gasteiger charge is 2.24. The maximum Gasteiger partial charge on any atom is 0.255 e. The average Bonchev–Trinajstić information content (AvgIpc) is 3.79. The third kappa shape index (κ3) is 12.8. The predicted molar refractivity (Wildman–Crippen MR) is 245 cm³/mol. The zero-order valence-electron chi connectivity index (χ0n) is 37.0. The van der Waals surface area contributed by atoms with E-state index in [1.807, 2.05) is 69.0 Å². The number of carbonyl (C=O) groups excluding carboxylic acids is 2. The molecule has 0 aliphatic carbocycles. The first-order chi connectivity index (χ1) is 27.4. The molecule has 59 heavy (non-hydrogen) atoms. The fourth-order valence-corrected chi connectivity index (χ4v) is 7.73. The molecule has 5 heterocycles. The number of ether oxygens (including phenoxy) is 2. The normalized spacial score (nSPS) is 12.6. The number of hydrogen-bond acceptors (Lipinski definition) is 9. The summed E-state index contributed by atoms with van der Waals surface area (Å²) in [5, 5.41) is 11.6. The first kappa shape index (κ1) is 45.8. The van der Waals surface area contributed by atoms with Gasteiger partial charge in [0.05, 0.1) is 35.2 Å². The van der Waals surface area contributed by atoms with Crippen molar-refractivity contribution in [1.82, 2.24) is 49.5 Å². The Balaban J connectivity index is 0.000000236. The molecule has 0 atom stereocenters. The van der Waals surface area contributed by atoms with Crippen LogP contribution in [0.3, 0.4) is 0 Å². The fourth-order valence-electron chi connectivity index (χ4n) is 5.94. The van der Waals surface area contributed by atoms with Gasteiger partial charge in [0, 0.05) is 58.2 Å². The zero-order valence-corrected chi connectivity index (χ0v) is 40.5. The Hall–Kier alpha value is -4.30. The number of nitrogens with one attached hydrogen (secondary N) is 2. The van der Waals surface area contributed by atoms with E-state index in [9.17, 15) is 9.59 Å². The number of fused-ring (bicyclic) bond motifs is 3. The second kappa shape index (κ2) is 18.1. The topological polar surface area (TPSA) is 156 Å². The summed E-state index contributed by atoms with van der Waals surface area (Å²) in [7, 11) is -2.32. The summed E-state index contributed by atoms with van der Waals surface area (Å²) >= 11 is 3.33. The van der Waals surface area contributed by atoms with Crippen LogP contribution in [0.25, 0.3) is 39.0 Å². The van der Waals surface area contributed by atoms with Gasteiger partial charge < -0.3 is 29.2 Å². The van der Waals surface area contributed by atoms with Crippen molar-refractivity contribution < 1.29 is 19.1 Å². The van der Waals surface area contributed by atoms with Gasteiger partial charge in [-0.25, -0.2) is 24.6 Å². The number of aromatic nitrogens is 8. The number of rotatable bonds is 13. The molecule has 17 heteroatoms. The monoisotopic (exact) mass is 904 g/mol. The quantitative estimate of drug-likeness (QED) is 0.0854. The predicted octanol–water partition coefficient (Wildman–Crippen LogP) is 8.95. The average molecular weight is 906 g/mol. The minimum absolute atomic E-state index is 0.161. The van der Waals surface area contributed by atoms with Crippen LogP contribution >= 0.6 is 15.9 Å². The molecule has 0 spiro atoms. The van der Waals surface area contributed by atoms with E-state index in [-0.39, 0.29) is 22.9 Å². The van der Waals surface area contributed by atoms with Gasteiger partial charge >= 0.3 is 0 Å². The van der Waals surface area contributed by atoms with E-state index in [2.05, 4.69) is 98.9 Å². The lowest BCUT2D eigenvalue weighted by atomic mass is 10.1. The number of halogens is 1. The first-order valence-electron chi connectivity index (χ1n) is 20.0. The van der Waals surface area contributed by atoms with Gasteiger partial charge in [-0.3, -0.25) is 9.59 Å². The Morgan fingerprint density at radius 3 is 1.71 bits per heavy atom. The van der Waals surface area contributed by atoms with Crippen LogP contribution in [-0.4, -0.2) is 91.1 Å². The van der Waals surface area contributed by atoms with Gasteiger partial charge in [0.1, 0.15) is 29.1 Å². The number of nitrogens with zero attached hydrogens (tertiary/aromatic N) is 8. The summed E-state index contributed by atoms with van der Waals surface area (Å²) in [5.74, 6) is 0.213. The molecule has 0 radical (unpaired) electrons. The summed E-state index contributed by atoms with van der Waals surface area (Å²) in [4.78, 5) is 44.1. The summed E-state index contributed by atoms with van der Waals surface area (Å²) in [6, 6.07) is 8.32. The Morgan fingerprint density at radius 1 is 0.729 bits per heavy atom. The maximum absolute atomic E-state index is 13.1. The summed E-state index contributed by atoms with van der Waals surface area (Å²) in [6.07, 6.45) is 8.70. The zero-order chi connectivity index (χ0) is 43.5. The highest BCUT2D eigenvalue weighted by Crippen LogP contribution is 2.24. The minimum Gasteiger partial charge on any atom is -0.361 e. The molecule has 6 rings (SSSR count). The van der Waals surface area contributed by atoms with E-state index in [0.29, 0.717) is 70.6 Å². The second-order valence-electron chi connectivity index (χ2n) is 19.5. The molecule has 0 bridgehead atoms. The largest absolute Gasteiger partial charge is 0.361 e. The highest BCUT2D eigenvalue weighted by atomic mass is 79.9. The lowest BCUT2D eigenvalue weighted by Gasteiger charge is -2.20. The van der Waals surface area contributed by atoms with Crippen molar-refractivity contribution in [3.8, 4) is 5.82 Å². The van der Waals surface area contributed by atoms with Crippen molar-refractivity contribution in [3.05, 3.63) is 70.5 Å². The van der Waals surface area contributed by atoms with Crippen molar-refractivity contribution in [1.29, 1.82) is 0 Å². The Kier molecular flexibility index (Phi) is 14.1. The molecule has 6 aromatic rings. The lowest BCUT2D eigenvalue weighted by molar-refractivity contribution is 0.0879. The molecular weight excluding hydrogens is 845 g/mol. The van der Waals surface area contributed by atoms with Crippen LogP contribution < -0.4 is 10.6 Å². The summed E-state index contributed by atoms with van der Waals surface area (Å²) in [6.45, 7) is 29.8. The number of aryl methyl sites for hydroxylation is 1. The van der Waals surface area contributed by atoms with Crippen LogP contribution in [0.1, 0.15) is 67.8 Å². The molecule has 2 amide bonds. The third-order valence-electron chi connectivity index (χ3n) is 8.95.